The van der Waals surface area contributed by atoms with Crippen LogP contribution in [0.25, 0.3) is 10.4 Å². The number of halogens is 1. The van der Waals surface area contributed by atoms with Gasteiger partial charge in [-0.2, -0.15) is 0 Å². The zero-order chi connectivity index (χ0) is 13.2. The second kappa shape index (κ2) is 5.13. The van der Waals surface area contributed by atoms with Crippen LogP contribution in [0.3, 0.4) is 0 Å². The Hall–Kier alpha value is -1.68. The molecule has 19 heavy (non-hydrogen) atoms. The summed E-state index contributed by atoms with van der Waals surface area (Å²) in [6.45, 7) is 1.48. The van der Waals surface area contributed by atoms with Crippen molar-refractivity contribution in [2.75, 3.05) is 13.1 Å². The molecule has 0 radical (unpaired) electrons. The molecule has 2 heterocycles. The summed E-state index contributed by atoms with van der Waals surface area (Å²) in [5, 5.41) is 1.95. The number of benzene rings is 1. The number of amides is 1. The second-order valence-corrected chi connectivity index (χ2v) is 5.62. The highest BCUT2D eigenvalue weighted by molar-refractivity contribution is 7.13. The van der Waals surface area contributed by atoms with Gasteiger partial charge in [-0.3, -0.25) is 4.79 Å². The van der Waals surface area contributed by atoms with Gasteiger partial charge < -0.3 is 4.90 Å². The monoisotopic (exact) mass is 275 g/mol. The third-order valence-corrected chi connectivity index (χ3v) is 4.32. The van der Waals surface area contributed by atoms with Gasteiger partial charge in [0.2, 0.25) is 0 Å². The SMILES string of the molecule is O=C(c1ccc(-c2cccs2)cc1F)N1CCCC1. The molecule has 0 N–H and O–H groups in total. The Bertz CT molecular complexity index is 588. The van der Waals surface area contributed by atoms with Crippen LogP contribution in [0.1, 0.15) is 23.2 Å². The van der Waals surface area contributed by atoms with E-state index in [1.54, 1.807) is 22.3 Å². The van der Waals surface area contributed by atoms with Gasteiger partial charge in [-0.25, -0.2) is 4.39 Å². The molecule has 2 aromatic rings. The molecule has 1 saturated heterocycles. The molecule has 0 spiro atoms. The Morgan fingerprint density at radius 1 is 1.21 bits per heavy atom. The molecule has 1 amide bonds. The first-order valence-electron chi connectivity index (χ1n) is 6.38. The average molecular weight is 275 g/mol. The molecule has 98 valence electrons. The molecule has 1 fully saturated rings. The van der Waals surface area contributed by atoms with Gasteiger partial charge in [-0.15, -0.1) is 11.3 Å². The summed E-state index contributed by atoms with van der Waals surface area (Å²) in [7, 11) is 0. The Kier molecular flexibility index (Phi) is 3.34. The van der Waals surface area contributed by atoms with Crippen LogP contribution < -0.4 is 0 Å². The lowest BCUT2D eigenvalue weighted by atomic mass is 10.1. The molecule has 0 unspecified atom stereocenters. The minimum absolute atomic E-state index is 0.183. The standard InChI is InChI=1S/C15H14FNOS/c16-13-10-11(14-4-3-9-19-14)5-6-12(13)15(18)17-7-1-2-8-17/h3-6,9-10H,1-2,7-8H2. The summed E-state index contributed by atoms with van der Waals surface area (Å²) < 4.78 is 14.1. The van der Waals surface area contributed by atoms with Crippen LogP contribution >= 0.6 is 11.3 Å². The molecule has 1 aromatic heterocycles. The predicted octanol–water partition coefficient (Wildman–Crippen LogP) is 3.79. The second-order valence-electron chi connectivity index (χ2n) is 4.67. The minimum atomic E-state index is -0.428. The number of carbonyl (C=O) groups is 1. The smallest absolute Gasteiger partial charge is 0.256 e. The van der Waals surface area contributed by atoms with Crippen LogP contribution in [-0.4, -0.2) is 23.9 Å². The predicted molar refractivity (Wildman–Crippen MR) is 74.9 cm³/mol. The van der Waals surface area contributed by atoms with Crippen molar-refractivity contribution in [3.8, 4) is 10.4 Å². The fourth-order valence-corrected chi connectivity index (χ4v) is 3.10. The van der Waals surface area contributed by atoms with E-state index < -0.39 is 5.82 Å². The van der Waals surface area contributed by atoms with Crippen LogP contribution in [0.5, 0.6) is 0 Å². The quantitative estimate of drug-likeness (QED) is 0.816. The van der Waals surface area contributed by atoms with E-state index in [0.29, 0.717) is 0 Å². The first kappa shape index (κ1) is 12.4. The molecule has 4 heteroatoms. The van der Waals surface area contributed by atoms with Crippen molar-refractivity contribution in [3.63, 3.8) is 0 Å². The normalized spacial score (nSPS) is 14.9. The van der Waals surface area contributed by atoms with E-state index >= 15 is 0 Å². The molecule has 1 aromatic carbocycles. The molecular weight excluding hydrogens is 261 g/mol. The largest absolute Gasteiger partial charge is 0.339 e. The van der Waals surface area contributed by atoms with Gasteiger partial charge in [-0.05, 0) is 42.0 Å². The van der Waals surface area contributed by atoms with E-state index in [0.717, 1.165) is 36.4 Å². The molecule has 1 aliphatic rings. The fraction of sp³-hybridized carbons (Fsp3) is 0.267. The average Bonchev–Trinajstić information content (AvgIpc) is 3.11. The zero-order valence-corrected chi connectivity index (χ0v) is 11.3. The van der Waals surface area contributed by atoms with Crippen molar-refractivity contribution < 1.29 is 9.18 Å². The highest BCUT2D eigenvalue weighted by atomic mass is 32.1. The number of nitrogens with zero attached hydrogens (tertiary/aromatic N) is 1. The summed E-state index contributed by atoms with van der Waals surface area (Å²) in [5.74, 6) is -0.615. The first-order valence-corrected chi connectivity index (χ1v) is 7.26. The lowest BCUT2D eigenvalue weighted by Gasteiger charge is -2.15. The Balaban J connectivity index is 1.89. The Morgan fingerprint density at radius 3 is 2.63 bits per heavy atom. The van der Waals surface area contributed by atoms with E-state index in [1.165, 1.54) is 6.07 Å². The minimum Gasteiger partial charge on any atom is -0.339 e. The molecule has 1 aliphatic heterocycles. The lowest BCUT2D eigenvalue weighted by molar-refractivity contribution is 0.0788. The summed E-state index contributed by atoms with van der Waals surface area (Å²) in [6, 6.07) is 8.75. The van der Waals surface area contributed by atoms with Gasteiger partial charge >= 0.3 is 0 Å². The summed E-state index contributed by atoms with van der Waals surface area (Å²) in [5.41, 5.74) is 1.01. The molecular formula is C15H14FNOS. The summed E-state index contributed by atoms with van der Waals surface area (Å²) >= 11 is 1.56. The van der Waals surface area contributed by atoms with E-state index in [-0.39, 0.29) is 11.5 Å². The van der Waals surface area contributed by atoms with E-state index in [4.69, 9.17) is 0 Å². The van der Waals surface area contributed by atoms with Crippen molar-refractivity contribution in [3.05, 3.63) is 47.1 Å². The lowest BCUT2D eigenvalue weighted by Crippen LogP contribution is -2.28. The maximum Gasteiger partial charge on any atom is 0.256 e. The van der Waals surface area contributed by atoms with Crippen LogP contribution in [0.2, 0.25) is 0 Å². The molecule has 2 nitrogen and oxygen atoms in total. The molecule has 3 rings (SSSR count). The third-order valence-electron chi connectivity index (χ3n) is 3.40. The summed E-state index contributed by atoms with van der Waals surface area (Å²) in [6.07, 6.45) is 2.03. The van der Waals surface area contributed by atoms with Crippen molar-refractivity contribution in [1.82, 2.24) is 4.90 Å². The van der Waals surface area contributed by atoms with E-state index in [2.05, 4.69) is 0 Å². The highest BCUT2D eigenvalue weighted by Gasteiger charge is 2.22. The van der Waals surface area contributed by atoms with Crippen molar-refractivity contribution in [2.24, 2.45) is 0 Å². The maximum absolute atomic E-state index is 14.1. The van der Waals surface area contributed by atoms with E-state index in [9.17, 15) is 9.18 Å². The van der Waals surface area contributed by atoms with Crippen molar-refractivity contribution in [2.45, 2.75) is 12.8 Å². The van der Waals surface area contributed by atoms with Gasteiger partial charge in [0.25, 0.3) is 5.91 Å². The van der Waals surface area contributed by atoms with Gasteiger partial charge in [0.15, 0.2) is 0 Å². The Morgan fingerprint density at radius 2 is 2.00 bits per heavy atom. The molecule has 0 bridgehead atoms. The van der Waals surface area contributed by atoms with E-state index in [1.807, 2.05) is 23.6 Å². The van der Waals surface area contributed by atoms with Gasteiger partial charge in [0.05, 0.1) is 5.56 Å². The third kappa shape index (κ3) is 2.40. The zero-order valence-electron chi connectivity index (χ0n) is 10.4. The number of carbonyl (C=O) groups excluding carboxylic acids is 1. The van der Waals surface area contributed by atoms with Gasteiger partial charge in [0, 0.05) is 18.0 Å². The van der Waals surface area contributed by atoms with Gasteiger partial charge in [-0.1, -0.05) is 12.1 Å². The van der Waals surface area contributed by atoms with Crippen LogP contribution in [0, 0.1) is 5.82 Å². The van der Waals surface area contributed by atoms with Crippen molar-refractivity contribution in [1.29, 1.82) is 0 Å². The first-order chi connectivity index (χ1) is 9.25. The highest BCUT2D eigenvalue weighted by Crippen LogP contribution is 2.27. The molecule has 0 saturated carbocycles. The summed E-state index contributed by atoms with van der Waals surface area (Å²) in [4.78, 5) is 14.9. The number of hydrogen-bond donors (Lipinski definition) is 0. The fourth-order valence-electron chi connectivity index (χ4n) is 2.38. The molecule has 0 atom stereocenters. The number of thiophene rings is 1. The number of hydrogen-bond acceptors (Lipinski definition) is 2. The maximum atomic E-state index is 14.1. The number of likely N-dealkylation sites (tertiary alicyclic amines) is 1. The van der Waals surface area contributed by atoms with Gasteiger partial charge in [0.1, 0.15) is 5.82 Å². The van der Waals surface area contributed by atoms with Crippen molar-refractivity contribution >= 4 is 17.2 Å². The molecule has 0 aliphatic carbocycles. The topological polar surface area (TPSA) is 20.3 Å². The van der Waals surface area contributed by atoms with Crippen LogP contribution in [0.15, 0.2) is 35.7 Å². The van der Waals surface area contributed by atoms with Crippen LogP contribution in [-0.2, 0) is 0 Å². The van der Waals surface area contributed by atoms with Crippen LogP contribution in [0.4, 0.5) is 4.39 Å². The number of rotatable bonds is 2. The Labute approximate surface area is 115 Å².